The molecule has 7 heteroatoms. The van der Waals surface area contributed by atoms with Crippen LogP contribution in [0.25, 0.3) is 22.3 Å². The topological polar surface area (TPSA) is 88.3 Å². The van der Waals surface area contributed by atoms with Gasteiger partial charge in [0, 0.05) is 19.2 Å². The van der Waals surface area contributed by atoms with Crippen LogP contribution in [0.2, 0.25) is 0 Å². The Kier molecular flexibility index (Phi) is 4.71. The Morgan fingerprint density at radius 1 is 1.23 bits per heavy atom. The number of rotatable bonds is 5. The minimum atomic E-state index is -1.04. The van der Waals surface area contributed by atoms with Crippen LogP contribution in [0.5, 0.6) is 0 Å². The van der Waals surface area contributed by atoms with Crippen molar-refractivity contribution in [3.63, 3.8) is 0 Å². The molecule has 1 N–H and O–H groups in total. The summed E-state index contributed by atoms with van der Waals surface area (Å²) in [5, 5.41) is 14.1. The minimum absolute atomic E-state index is 0.301. The second kappa shape index (κ2) is 6.95. The number of benzene rings is 1. The number of hydrogen-bond donors (Lipinski definition) is 1. The molecule has 134 valence electrons. The zero-order chi connectivity index (χ0) is 18.8. The van der Waals surface area contributed by atoms with Gasteiger partial charge in [-0.05, 0) is 19.9 Å². The maximum absolute atomic E-state index is 13.1. The molecule has 0 bridgehead atoms. The van der Waals surface area contributed by atoms with Crippen LogP contribution in [0.1, 0.15) is 23.0 Å². The predicted molar refractivity (Wildman–Crippen MR) is 97.9 cm³/mol. The molecule has 3 aromatic rings. The Morgan fingerprint density at radius 2 is 1.92 bits per heavy atom. The number of fused-ring (bicyclic) bond motifs is 1. The molecule has 0 spiro atoms. The van der Waals surface area contributed by atoms with Crippen LogP contribution < -0.4 is 0 Å². The van der Waals surface area contributed by atoms with Crippen LogP contribution in [0.15, 0.2) is 36.4 Å². The van der Waals surface area contributed by atoms with Crippen molar-refractivity contribution < 1.29 is 14.7 Å². The van der Waals surface area contributed by atoms with E-state index in [1.165, 1.54) is 4.90 Å². The van der Waals surface area contributed by atoms with Crippen LogP contribution in [0.4, 0.5) is 0 Å². The third-order valence-corrected chi connectivity index (χ3v) is 4.26. The third-order valence-electron chi connectivity index (χ3n) is 4.26. The Morgan fingerprint density at radius 3 is 2.54 bits per heavy atom. The van der Waals surface area contributed by atoms with Crippen molar-refractivity contribution in [3.05, 3.63) is 47.7 Å². The van der Waals surface area contributed by atoms with Crippen molar-refractivity contribution in [1.29, 1.82) is 0 Å². The van der Waals surface area contributed by atoms with Crippen molar-refractivity contribution in [3.8, 4) is 11.3 Å². The van der Waals surface area contributed by atoms with Gasteiger partial charge in [0.15, 0.2) is 5.65 Å². The molecule has 0 radical (unpaired) electrons. The Labute approximate surface area is 150 Å². The van der Waals surface area contributed by atoms with Crippen molar-refractivity contribution in [2.24, 2.45) is 7.05 Å². The summed E-state index contributed by atoms with van der Waals surface area (Å²) in [5.41, 5.74) is 3.23. The van der Waals surface area contributed by atoms with E-state index < -0.39 is 5.97 Å². The average Bonchev–Trinajstić information content (AvgIpc) is 2.93. The minimum Gasteiger partial charge on any atom is -0.480 e. The van der Waals surface area contributed by atoms with Gasteiger partial charge in [-0.3, -0.25) is 14.3 Å². The first-order valence-electron chi connectivity index (χ1n) is 8.33. The fourth-order valence-corrected chi connectivity index (χ4v) is 3.03. The van der Waals surface area contributed by atoms with E-state index in [1.54, 1.807) is 24.7 Å². The Hall–Kier alpha value is -3.22. The largest absolute Gasteiger partial charge is 0.480 e. The van der Waals surface area contributed by atoms with Gasteiger partial charge in [-0.1, -0.05) is 30.3 Å². The summed E-state index contributed by atoms with van der Waals surface area (Å²) in [4.78, 5) is 30.1. The molecule has 0 fully saturated rings. The molecule has 0 aliphatic carbocycles. The summed E-state index contributed by atoms with van der Waals surface area (Å²) in [6, 6.07) is 11.3. The highest BCUT2D eigenvalue weighted by Crippen LogP contribution is 2.27. The number of carbonyl (C=O) groups excluding carboxylic acids is 1. The van der Waals surface area contributed by atoms with Gasteiger partial charge in [0.2, 0.25) is 0 Å². The number of nitrogens with zero attached hydrogens (tertiary/aromatic N) is 4. The molecule has 2 heterocycles. The van der Waals surface area contributed by atoms with Crippen molar-refractivity contribution >= 4 is 22.9 Å². The number of likely N-dealkylation sites (N-methyl/N-ethyl adjacent to an activating group) is 1. The van der Waals surface area contributed by atoms with Crippen molar-refractivity contribution in [1.82, 2.24) is 19.7 Å². The first-order valence-corrected chi connectivity index (χ1v) is 8.33. The van der Waals surface area contributed by atoms with E-state index in [0.29, 0.717) is 34.5 Å². The highest BCUT2D eigenvalue weighted by Gasteiger charge is 2.23. The van der Waals surface area contributed by atoms with Gasteiger partial charge >= 0.3 is 5.97 Å². The van der Waals surface area contributed by atoms with Crippen molar-refractivity contribution in [2.75, 3.05) is 13.1 Å². The summed E-state index contributed by atoms with van der Waals surface area (Å²) < 4.78 is 1.64. The molecule has 0 aliphatic rings. The van der Waals surface area contributed by atoms with Crippen molar-refractivity contribution in [2.45, 2.75) is 13.8 Å². The van der Waals surface area contributed by atoms with E-state index in [9.17, 15) is 9.59 Å². The van der Waals surface area contributed by atoms with E-state index in [-0.39, 0.29) is 12.5 Å². The van der Waals surface area contributed by atoms with Gasteiger partial charge in [0.25, 0.3) is 5.91 Å². The molecule has 7 nitrogen and oxygen atoms in total. The molecule has 3 rings (SSSR count). The van der Waals surface area contributed by atoms with Crippen LogP contribution in [0, 0.1) is 6.92 Å². The second-order valence-electron chi connectivity index (χ2n) is 6.04. The second-order valence-corrected chi connectivity index (χ2v) is 6.04. The Balaban J connectivity index is 2.22. The van der Waals surface area contributed by atoms with Gasteiger partial charge in [0.05, 0.1) is 22.3 Å². The first-order chi connectivity index (χ1) is 12.4. The number of hydrogen-bond acceptors (Lipinski definition) is 4. The van der Waals surface area contributed by atoms with E-state index >= 15 is 0 Å². The monoisotopic (exact) mass is 352 g/mol. The summed E-state index contributed by atoms with van der Waals surface area (Å²) >= 11 is 0. The van der Waals surface area contributed by atoms with Gasteiger partial charge in [-0.25, -0.2) is 4.98 Å². The molecule has 2 aromatic heterocycles. The fourth-order valence-electron chi connectivity index (χ4n) is 3.03. The molecular formula is C19H20N4O3. The molecule has 0 unspecified atom stereocenters. The van der Waals surface area contributed by atoms with Gasteiger partial charge in [0.1, 0.15) is 6.54 Å². The molecule has 26 heavy (non-hydrogen) atoms. The summed E-state index contributed by atoms with van der Waals surface area (Å²) in [7, 11) is 1.78. The van der Waals surface area contributed by atoms with E-state index in [1.807, 2.05) is 37.3 Å². The summed E-state index contributed by atoms with van der Waals surface area (Å²) in [6.45, 7) is 3.53. The normalized spacial score (nSPS) is 10.9. The van der Waals surface area contributed by atoms with E-state index in [2.05, 4.69) is 10.1 Å². The fraction of sp³-hybridized carbons (Fsp3) is 0.263. The van der Waals surface area contributed by atoms with E-state index in [4.69, 9.17) is 5.11 Å². The zero-order valence-corrected chi connectivity index (χ0v) is 14.9. The number of aliphatic carboxylic acids is 1. The first kappa shape index (κ1) is 17.6. The number of carbonyl (C=O) groups is 2. The zero-order valence-electron chi connectivity index (χ0n) is 14.9. The van der Waals surface area contributed by atoms with Crippen LogP contribution >= 0.6 is 0 Å². The van der Waals surface area contributed by atoms with Gasteiger partial charge in [-0.15, -0.1) is 0 Å². The highest BCUT2D eigenvalue weighted by molar-refractivity contribution is 6.08. The Bertz CT molecular complexity index is 979. The predicted octanol–water partition coefficient (Wildman–Crippen LogP) is 2.49. The van der Waals surface area contributed by atoms with Crippen LogP contribution in [-0.2, 0) is 11.8 Å². The van der Waals surface area contributed by atoms with Gasteiger partial charge in [-0.2, -0.15) is 5.10 Å². The maximum atomic E-state index is 13.1. The smallest absolute Gasteiger partial charge is 0.323 e. The third kappa shape index (κ3) is 3.15. The van der Waals surface area contributed by atoms with Crippen LogP contribution in [-0.4, -0.2) is 49.7 Å². The SMILES string of the molecule is CCN(CC(=O)O)C(=O)c1cc(-c2ccccc2)nc2c1c(C)nn2C. The summed E-state index contributed by atoms with van der Waals surface area (Å²) in [5.74, 6) is -1.38. The molecule has 0 saturated heterocycles. The number of aromatic nitrogens is 3. The molecule has 0 aliphatic heterocycles. The quantitative estimate of drug-likeness (QED) is 0.762. The molecule has 1 aromatic carbocycles. The lowest BCUT2D eigenvalue weighted by molar-refractivity contribution is -0.137. The lowest BCUT2D eigenvalue weighted by Crippen LogP contribution is -2.35. The average molecular weight is 352 g/mol. The number of carboxylic acid groups (broad SMARTS) is 1. The molecule has 0 saturated carbocycles. The number of pyridine rings is 1. The number of aryl methyl sites for hydroxylation is 2. The van der Waals surface area contributed by atoms with Crippen LogP contribution in [0.3, 0.4) is 0 Å². The van der Waals surface area contributed by atoms with Gasteiger partial charge < -0.3 is 10.0 Å². The standard InChI is InChI=1S/C19H20N4O3/c1-4-23(11-16(24)25)19(26)14-10-15(13-8-6-5-7-9-13)20-18-17(14)12(2)21-22(18)3/h5-10H,4,11H2,1-3H3,(H,24,25). The number of amides is 1. The molecular weight excluding hydrogens is 332 g/mol. The molecule has 0 atom stereocenters. The summed E-state index contributed by atoms with van der Waals surface area (Å²) in [6.07, 6.45) is 0. The maximum Gasteiger partial charge on any atom is 0.323 e. The molecule has 1 amide bonds. The number of carboxylic acids is 1. The lowest BCUT2D eigenvalue weighted by atomic mass is 10.0. The highest BCUT2D eigenvalue weighted by atomic mass is 16.4. The lowest BCUT2D eigenvalue weighted by Gasteiger charge is -2.19. The van der Waals surface area contributed by atoms with E-state index in [0.717, 1.165) is 5.56 Å².